The highest BCUT2D eigenvalue weighted by atomic mass is 127. The minimum Gasteiger partial charge on any atom is -0.383 e. The van der Waals surface area contributed by atoms with Crippen LogP contribution in [0.15, 0.2) is 34.2 Å². The normalized spacial score (nSPS) is 14.8. The van der Waals surface area contributed by atoms with Gasteiger partial charge in [-0.3, -0.25) is 4.79 Å². The highest BCUT2D eigenvalue weighted by molar-refractivity contribution is 14.0. The van der Waals surface area contributed by atoms with Crippen molar-refractivity contribution >= 4 is 59.2 Å². The molecule has 28 heavy (non-hydrogen) atoms. The number of rotatable bonds is 10. The number of halogens is 2. The Bertz CT molecular complexity index is 627. The van der Waals surface area contributed by atoms with Gasteiger partial charge in [-0.2, -0.15) is 0 Å². The van der Waals surface area contributed by atoms with Gasteiger partial charge < -0.3 is 20.3 Å². The van der Waals surface area contributed by atoms with Gasteiger partial charge in [0.25, 0.3) is 0 Å². The van der Waals surface area contributed by atoms with E-state index in [1.807, 2.05) is 24.3 Å². The fourth-order valence-corrected chi connectivity index (χ4v) is 3.35. The van der Waals surface area contributed by atoms with Gasteiger partial charge in [-0.15, -0.1) is 35.7 Å². The van der Waals surface area contributed by atoms with Crippen LogP contribution in [0.5, 0.6) is 0 Å². The molecule has 0 aromatic heterocycles. The zero-order valence-corrected chi connectivity index (χ0v) is 20.5. The van der Waals surface area contributed by atoms with Crippen molar-refractivity contribution < 1.29 is 9.53 Å². The van der Waals surface area contributed by atoms with E-state index >= 15 is 0 Å². The van der Waals surface area contributed by atoms with Crippen LogP contribution < -0.4 is 10.6 Å². The summed E-state index contributed by atoms with van der Waals surface area (Å²) in [6, 6.07) is 8.03. The number of aliphatic imine (C=N–C) groups is 1. The summed E-state index contributed by atoms with van der Waals surface area (Å²) in [6.07, 6.45) is 2.41. The van der Waals surface area contributed by atoms with E-state index in [-0.39, 0.29) is 42.5 Å². The molecule has 0 aliphatic heterocycles. The molecular weight excluding hydrogens is 511 g/mol. The van der Waals surface area contributed by atoms with Gasteiger partial charge in [0.1, 0.15) is 6.54 Å². The molecular formula is C19H30ClIN4O2S. The van der Waals surface area contributed by atoms with E-state index in [9.17, 15) is 4.79 Å². The number of guanidine groups is 1. The molecule has 1 atom stereocenters. The molecule has 158 valence electrons. The van der Waals surface area contributed by atoms with Crippen LogP contribution in [0.3, 0.4) is 0 Å². The van der Waals surface area contributed by atoms with Crippen LogP contribution in [0, 0.1) is 5.92 Å². The van der Waals surface area contributed by atoms with Crippen molar-refractivity contribution in [1.29, 1.82) is 0 Å². The van der Waals surface area contributed by atoms with Crippen molar-refractivity contribution in [3.05, 3.63) is 29.3 Å². The molecule has 6 nitrogen and oxygen atoms in total. The Labute approximate surface area is 194 Å². The van der Waals surface area contributed by atoms with Gasteiger partial charge in [0.05, 0.1) is 12.6 Å². The second-order valence-electron chi connectivity index (χ2n) is 6.73. The molecule has 1 aromatic carbocycles. The monoisotopic (exact) mass is 540 g/mol. The number of hydrogen-bond acceptors (Lipinski definition) is 4. The van der Waals surface area contributed by atoms with Gasteiger partial charge in [0.15, 0.2) is 5.96 Å². The molecule has 0 saturated heterocycles. The number of amides is 1. The summed E-state index contributed by atoms with van der Waals surface area (Å²) in [4.78, 5) is 19.0. The Morgan fingerprint density at radius 2 is 2.04 bits per heavy atom. The smallest absolute Gasteiger partial charge is 0.243 e. The van der Waals surface area contributed by atoms with Crippen LogP contribution in [-0.4, -0.2) is 69.5 Å². The summed E-state index contributed by atoms with van der Waals surface area (Å²) in [7, 11) is 5.18. The summed E-state index contributed by atoms with van der Waals surface area (Å²) in [6.45, 7) is 1.49. The zero-order valence-electron chi connectivity index (χ0n) is 16.6. The number of benzene rings is 1. The van der Waals surface area contributed by atoms with Gasteiger partial charge in [0, 0.05) is 43.4 Å². The third kappa shape index (κ3) is 9.67. The Kier molecular flexibility index (Phi) is 12.2. The van der Waals surface area contributed by atoms with Gasteiger partial charge in [-0.1, -0.05) is 11.6 Å². The Morgan fingerprint density at radius 1 is 1.36 bits per heavy atom. The van der Waals surface area contributed by atoms with Crippen molar-refractivity contribution in [1.82, 2.24) is 15.5 Å². The lowest BCUT2D eigenvalue weighted by molar-refractivity contribution is -0.127. The van der Waals surface area contributed by atoms with Crippen molar-refractivity contribution in [2.24, 2.45) is 10.9 Å². The molecule has 0 bridgehead atoms. The summed E-state index contributed by atoms with van der Waals surface area (Å²) in [5, 5.41) is 7.51. The highest BCUT2D eigenvalue weighted by Crippen LogP contribution is 2.32. The first-order valence-corrected chi connectivity index (χ1v) is 10.5. The Balaban J connectivity index is 0.00000392. The molecule has 1 aliphatic carbocycles. The topological polar surface area (TPSA) is 66.0 Å². The predicted molar refractivity (Wildman–Crippen MR) is 128 cm³/mol. The molecule has 2 rings (SSSR count). The SMILES string of the molecule is COCC(NC(=NCC(=O)N(C)C)NCCSc1ccc(Cl)cc1)C1CC1.I. The lowest BCUT2D eigenvalue weighted by atomic mass is 10.2. The summed E-state index contributed by atoms with van der Waals surface area (Å²) in [5.74, 6) is 2.13. The van der Waals surface area contributed by atoms with E-state index in [1.54, 1.807) is 37.9 Å². The second kappa shape index (κ2) is 13.5. The van der Waals surface area contributed by atoms with Crippen LogP contribution in [0.1, 0.15) is 12.8 Å². The second-order valence-corrected chi connectivity index (χ2v) is 8.33. The maximum absolute atomic E-state index is 11.9. The van der Waals surface area contributed by atoms with Crippen molar-refractivity contribution in [2.45, 2.75) is 23.8 Å². The third-order valence-electron chi connectivity index (χ3n) is 4.21. The Morgan fingerprint density at radius 3 is 2.61 bits per heavy atom. The van der Waals surface area contributed by atoms with Crippen molar-refractivity contribution in [3.63, 3.8) is 0 Å². The van der Waals surface area contributed by atoms with Crippen LogP contribution >= 0.6 is 47.3 Å². The van der Waals surface area contributed by atoms with Gasteiger partial charge in [-0.25, -0.2) is 4.99 Å². The Hall–Kier alpha value is -0.710. The van der Waals surface area contributed by atoms with E-state index in [0.717, 1.165) is 17.3 Å². The zero-order chi connectivity index (χ0) is 19.6. The molecule has 1 fully saturated rings. The molecule has 1 saturated carbocycles. The summed E-state index contributed by atoms with van der Waals surface area (Å²) >= 11 is 7.66. The largest absolute Gasteiger partial charge is 0.383 e. The standard InChI is InChI=1S/C19H29ClN4O2S.HI/c1-24(2)18(25)12-22-19(23-17(13-26-3)14-4-5-14)21-10-11-27-16-8-6-15(20)7-9-16;/h6-9,14,17H,4-5,10-13H2,1-3H3,(H2,21,22,23);1H. The molecule has 9 heteroatoms. The van der Waals surface area contributed by atoms with Gasteiger partial charge in [-0.05, 0) is 43.0 Å². The fraction of sp³-hybridized carbons (Fsp3) is 0.579. The number of nitrogens with zero attached hydrogens (tertiary/aromatic N) is 2. The van der Waals surface area contributed by atoms with E-state index in [2.05, 4.69) is 15.6 Å². The highest BCUT2D eigenvalue weighted by Gasteiger charge is 2.31. The predicted octanol–water partition coefficient (Wildman–Crippen LogP) is 3.10. The molecule has 1 unspecified atom stereocenters. The van der Waals surface area contributed by atoms with Gasteiger partial charge >= 0.3 is 0 Å². The van der Waals surface area contributed by atoms with Crippen molar-refractivity contribution in [2.75, 3.05) is 46.7 Å². The number of hydrogen-bond donors (Lipinski definition) is 2. The third-order valence-corrected chi connectivity index (χ3v) is 5.47. The average molecular weight is 541 g/mol. The number of methoxy groups -OCH3 is 1. The first kappa shape index (κ1) is 25.3. The number of thioether (sulfide) groups is 1. The van der Waals surface area contributed by atoms with E-state index in [1.165, 1.54) is 17.7 Å². The minimum absolute atomic E-state index is 0. The molecule has 0 heterocycles. The van der Waals surface area contributed by atoms with Crippen LogP contribution in [0.4, 0.5) is 0 Å². The lowest BCUT2D eigenvalue weighted by Crippen LogP contribution is -2.47. The van der Waals surface area contributed by atoms with Crippen molar-refractivity contribution in [3.8, 4) is 0 Å². The fourth-order valence-electron chi connectivity index (χ4n) is 2.46. The maximum Gasteiger partial charge on any atom is 0.243 e. The van der Waals surface area contributed by atoms with E-state index in [0.29, 0.717) is 18.5 Å². The number of ether oxygens (including phenoxy) is 1. The molecule has 1 aromatic rings. The number of carbonyl (C=O) groups excluding carboxylic acids is 1. The first-order chi connectivity index (χ1) is 13.0. The van der Waals surface area contributed by atoms with E-state index < -0.39 is 0 Å². The minimum atomic E-state index is -0.0265. The van der Waals surface area contributed by atoms with Crippen LogP contribution in [-0.2, 0) is 9.53 Å². The summed E-state index contributed by atoms with van der Waals surface area (Å²) in [5.41, 5.74) is 0. The average Bonchev–Trinajstić information content (AvgIpc) is 3.48. The number of carbonyl (C=O) groups is 1. The first-order valence-electron chi connectivity index (χ1n) is 9.12. The molecule has 0 spiro atoms. The lowest BCUT2D eigenvalue weighted by Gasteiger charge is -2.21. The maximum atomic E-state index is 11.9. The molecule has 2 N–H and O–H groups in total. The van der Waals surface area contributed by atoms with E-state index in [4.69, 9.17) is 16.3 Å². The number of nitrogens with one attached hydrogen (secondary N) is 2. The molecule has 0 radical (unpaired) electrons. The number of likely N-dealkylation sites (N-methyl/N-ethyl adjacent to an activating group) is 1. The quantitative estimate of drug-likeness (QED) is 0.157. The van der Waals surface area contributed by atoms with Crippen LogP contribution in [0.25, 0.3) is 0 Å². The summed E-state index contributed by atoms with van der Waals surface area (Å²) < 4.78 is 5.33. The molecule has 1 aliphatic rings. The molecule has 1 amide bonds. The van der Waals surface area contributed by atoms with Crippen LogP contribution in [0.2, 0.25) is 5.02 Å². The van der Waals surface area contributed by atoms with Gasteiger partial charge in [0.2, 0.25) is 5.91 Å².